The van der Waals surface area contributed by atoms with Crippen LogP contribution < -0.4 is 0 Å². The minimum absolute atomic E-state index is 0.716. The number of hydrogen-bond donors (Lipinski definition) is 0. The van der Waals surface area contributed by atoms with Crippen molar-refractivity contribution in [3.8, 4) is 0 Å². The topological polar surface area (TPSA) is 12.5 Å². The van der Waals surface area contributed by atoms with Gasteiger partial charge in [0.2, 0.25) is 0 Å². The molecule has 0 aromatic carbocycles. The van der Waals surface area contributed by atoms with Crippen molar-refractivity contribution in [2.45, 2.75) is 24.9 Å². The Hall–Kier alpha value is -0.0800. The molecule has 3 atom stereocenters. The van der Waals surface area contributed by atoms with Crippen LogP contribution in [0.2, 0.25) is 0 Å². The summed E-state index contributed by atoms with van der Waals surface area (Å²) in [5.74, 6) is 1.02. The van der Waals surface area contributed by atoms with Crippen molar-refractivity contribution in [3.05, 3.63) is 0 Å². The highest BCUT2D eigenvalue weighted by molar-refractivity contribution is 5.04. The summed E-state index contributed by atoms with van der Waals surface area (Å²) in [5.41, 5.74) is 0. The second-order valence-electron chi connectivity index (χ2n) is 3.57. The summed E-state index contributed by atoms with van der Waals surface area (Å²) in [7, 11) is 4.01. The van der Waals surface area contributed by atoms with Gasteiger partial charge in [-0.05, 0) is 25.8 Å². The van der Waals surface area contributed by atoms with Crippen LogP contribution >= 0.6 is 0 Å². The number of hydrogen-bond acceptors (Lipinski definition) is 2. The first-order valence-corrected chi connectivity index (χ1v) is 4.04. The van der Waals surface area contributed by atoms with Crippen molar-refractivity contribution in [2.75, 3.05) is 20.8 Å². The summed E-state index contributed by atoms with van der Waals surface area (Å²) >= 11 is 0. The molecule has 2 fully saturated rings. The molecule has 10 heavy (non-hydrogen) atoms. The van der Waals surface area contributed by atoms with E-state index in [-0.39, 0.29) is 0 Å². The second kappa shape index (κ2) is 2.21. The molecular weight excluding hydrogens is 126 g/mol. The Morgan fingerprint density at radius 3 is 2.80 bits per heavy atom. The Kier molecular flexibility index (Phi) is 1.46. The molecule has 0 N–H and O–H groups in total. The SMILES string of the molecule is COCC1CC2CC2N1C. The molecule has 0 spiro atoms. The molecular formula is C8H15NO. The quantitative estimate of drug-likeness (QED) is 0.562. The number of ether oxygens (including phenoxy) is 1. The van der Waals surface area contributed by atoms with Gasteiger partial charge in [0.05, 0.1) is 6.61 Å². The lowest BCUT2D eigenvalue weighted by Gasteiger charge is -2.21. The molecule has 2 rings (SSSR count). The van der Waals surface area contributed by atoms with Crippen LogP contribution in [-0.2, 0) is 4.74 Å². The Morgan fingerprint density at radius 2 is 2.30 bits per heavy atom. The normalized spacial score (nSPS) is 45.6. The Morgan fingerprint density at radius 1 is 1.50 bits per heavy atom. The first-order valence-electron chi connectivity index (χ1n) is 4.04. The van der Waals surface area contributed by atoms with Crippen molar-refractivity contribution in [1.82, 2.24) is 4.90 Å². The number of likely N-dealkylation sites (N-methyl/N-ethyl adjacent to an activating group) is 1. The number of rotatable bonds is 2. The molecule has 2 aliphatic rings. The first kappa shape index (κ1) is 6.62. The van der Waals surface area contributed by atoms with Crippen molar-refractivity contribution in [1.29, 1.82) is 0 Å². The zero-order valence-corrected chi connectivity index (χ0v) is 6.71. The van der Waals surface area contributed by atoms with E-state index in [1.807, 2.05) is 0 Å². The van der Waals surface area contributed by atoms with Gasteiger partial charge in [0.15, 0.2) is 0 Å². The molecule has 2 nitrogen and oxygen atoms in total. The lowest BCUT2D eigenvalue weighted by atomic mass is 10.2. The van der Waals surface area contributed by atoms with Crippen LogP contribution in [0, 0.1) is 5.92 Å². The summed E-state index contributed by atoms with van der Waals surface area (Å²) in [5, 5.41) is 0. The van der Waals surface area contributed by atoms with Crippen LogP contribution in [0.3, 0.4) is 0 Å². The van der Waals surface area contributed by atoms with Crippen LogP contribution in [0.1, 0.15) is 12.8 Å². The molecule has 58 valence electrons. The van der Waals surface area contributed by atoms with Crippen LogP contribution in [-0.4, -0.2) is 37.7 Å². The van der Waals surface area contributed by atoms with Gasteiger partial charge in [0.1, 0.15) is 0 Å². The third-order valence-corrected chi connectivity index (χ3v) is 2.92. The van der Waals surface area contributed by atoms with Gasteiger partial charge in [-0.1, -0.05) is 0 Å². The van der Waals surface area contributed by atoms with Crippen molar-refractivity contribution >= 4 is 0 Å². The van der Waals surface area contributed by atoms with Gasteiger partial charge in [-0.25, -0.2) is 0 Å². The molecule has 0 radical (unpaired) electrons. The Bertz CT molecular complexity index is 137. The van der Waals surface area contributed by atoms with E-state index in [1.165, 1.54) is 12.8 Å². The fraction of sp³-hybridized carbons (Fsp3) is 1.00. The second-order valence-corrected chi connectivity index (χ2v) is 3.57. The summed E-state index contributed by atoms with van der Waals surface area (Å²) in [6, 6.07) is 1.63. The fourth-order valence-electron chi connectivity index (χ4n) is 2.15. The van der Waals surface area contributed by atoms with E-state index in [0.29, 0.717) is 6.04 Å². The molecule has 0 bridgehead atoms. The largest absolute Gasteiger partial charge is 0.383 e. The van der Waals surface area contributed by atoms with E-state index < -0.39 is 0 Å². The van der Waals surface area contributed by atoms with Gasteiger partial charge in [0.25, 0.3) is 0 Å². The molecule has 1 saturated heterocycles. The van der Waals surface area contributed by atoms with E-state index in [2.05, 4.69) is 11.9 Å². The van der Waals surface area contributed by atoms with Crippen LogP contribution in [0.25, 0.3) is 0 Å². The zero-order valence-electron chi connectivity index (χ0n) is 6.71. The number of likely N-dealkylation sites (tertiary alicyclic amines) is 1. The summed E-state index contributed by atoms with van der Waals surface area (Å²) in [6.45, 7) is 0.920. The van der Waals surface area contributed by atoms with E-state index in [1.54, 1.807) is 7.11 Å². The van der Waals surface area contributed by atoms with E-state index in [4.69, 9.17) is 4.74 Å². The van der Waals surface area contributed by atoms with E-state index in [0.717, 1.165) is 18.6 Å². The molecule has 1 saturated carbocycles. The predicted octanol–water partition coefficient (Wildman–Crippen LogP) is 0.725. The zero-order chi connectivity index (χ0) is 7.14. The monoisotopic (exact) mass is 141 g/mol. The highest BCUT2D eigenvalue weighted by atomic mass is 16.5. The van der Waals surface area contributed by atoms with Crippen LogP contribution in [0.15, 0.2) is 0 Å². The molecule has 0 aromatic heterocycles. The lowest BCUT2D eigenvalue weighted by molar-refractivity contribution is 0.116. The van der Waals surface area contributed by atoms with Gasteiger partial charge in [-0.15, -0.1) is 0 Å². The standard InChI is InChI=1S/C8H15NO/c1-9-7(5-10-2)3-6-4-8(6)9/h6-8H,3-5H2,1-2H3. The third-order valence-electron chi connectivity index (χ3n) is 2.92. The summed E-state index contributed by atoms with van der Waals surface area (Å²) in [4.78, 5) is 2.48. The number of fused-ring (bicyclic) bond motifs is 1. The average Bonchev–Trinajstić information content (AvgIpc) is 2.60. The summed E-state index contributed by atoms with van der Waals surface area (Å²) < 4.78 is 5.12. The number of piperidine rings is 1. The Balaban J connectivity index is 1.88. The van der Waals surface area contributed by atoms with Crippen molar-refractivity contribution in [3.63, 3.8) is 0 Å². The van der Waals surface area contributed by atoms with Gasteiger partial charge in [-0.2, -0.15) is 0 Å². The highest BCUT2D eigenvalue weighted by Crippen LogP contribution is 2.46. The molecule has 1 aliphatic carbocycles. The smallest absolute Gasteiger partial charge is 0.0618 e. The highest BCUT2D eigenvalue weighted by Gasteiger charge is 2.49. The molecule has 0 aromatic rings. The number of methoxy groups -OCH3 is 1. The molecule has 0 amide bonds. The van der Waals surface area contributed by atoms with Crippen molar-refractivity contribution in [2.24, 2.45) is 5.92 Å². The summed E-state index contributed by atoms with van der Waals surface area (Å²) in [6.07, 6.45) is 2.81. The molecule has 1 heterocycles. The number of nitrogens with zero attached hydrogens (tertiary/aromatic N) is 1. The van der Waals surface area contributed by atoms with E-state index >= 15 is 0 Å². The third kappa shape index (κ3) is 0.867. The predicted molar refractivity (Wildman–Crippen MR) is 39.9 cm³/mol. The maximum atomic E-state index is 5.12. The van der Waals surface area contributed by atoms with Crippen LogP contribution in [0.4, 0.5) is 0 Å². The van der Waals surface area contributed by atoms with Gasteiger partial charge >= 0.3 is 0 Å². The Labute approximate surface area is 62.2 Å². The van der Waals surface area contributed by atoms with Gasteiger partial charge < -0.3 is 4.74 Å². The van der Waals surface area contributed by atoms with Gasteiger partial charge in [0, 0.05) is 19.2 Å². The lowest BCUT2D eigenvalue weighted by Crippen LogP contribution is -2.32. The molecule has 1 aliphatic heterocycles. The fourth-order valence-corrected chi connectivity index (χ4v) is 2.15. The van der Waals surface area contributed by atoms with Crippen LogP contribution in [0.5, 0.6) is 0 Å². The first-order chi connectivity index (χ1) is 4.83. The average molecular weight is 141 g/mol. The minimum atomic E-state index is 0.716. The molecule has 3 unspecified atom stereocenters. The van der Waals surface area contributed by atoms with Crippen molar-refractivity contribution < 1.29 is 4.74 Å². The van der Waals surface area contributed by atoms with E-state index in [9.17, 15) is 0 Å². The maximum absolute atomic E-state index is 5.12. The van der Waals surface area contributed by atoms with Gasteiger partial charge in [-0.3, -0.25) is 4.90 Å². The maximum Gasteiger partial charge on any atom is 0.0618 e. The molecule has 2 heteroatoms. The minimum Gasteiger partial charge on any atom is -0.383 e.